The number of aromatic nitrogens is 5. The largest absolute Gasteiger partial charge is 0.496 e. The van der Waals surface area contributed by atoms with E-state index in [0.29, 0.717) is 80.0 Å². The van der Waals surface area contributed by atoms with Gasteiger partial charge in [0, 0.05) is 59.3 Å². The predicted octanol–water partition coefficient (Wildman–Crippen LogP) is 8.27. The summed E-state index contributed by atoms with van der Waals surface area (Å²) in [5.41, 5.74) is 19.8. The van der Waals surface area contributed by atoms with Gasteiger partial charge in [-0.05, 0) is 74.4 Å². The third kappa shape index (κ3) is 28.6. The first kappa shape index (κ1) is 81.2. The number of aromatic amines is 2. The number of halogens is 3. The van der Waals surface area contributed by atoms with Crippen LogP contribution >= 0.6 is 35.6 Å². The molecule has 0 saturated carbocycles. The maximum Gasteiger partial charge on any atom is 0.407 e. The summed E-state index contributed by atoms with van der Waals surface area (Å²) in [6.07, 6.45) is -0.0813. The van der Waals surface area contributed by atoms with Gasteiger partial charge >= 0.3 is 12.1 Å². The van der Waals surface area contributed by atoms with Gasteiger partial charge in [-0.1, -0.05) is 29.8 Å². The van der Waals surface area contributed by atoms with Crippen LogP contribution in [0.15, 0.2) is 67.5 Å². The molecule has 90 heavy (non-hydrogen) atoms. The van der Waals surface area contributed by atoms with Crippen LogP contribution in [0.4, 0.5) is 16.5 Å². The number of nitrogens with zero attached hydrogens (tertiary/aromatic N) is 9. The fraction of sp³-hybridized carbons (Fsp3) is 0.322. The van der Waals surface area contributed by atoms with E-state index in [9.17, 15) is 24.0 Å². The van der Waals surface area contributed by atoms with E-state index >= 15 is 0 Å². The van der Waals surface area contributed by atoms with Crippen molar-refractivity contribution in [3.8, 4) is 59.4 Å². The lowest BCUT2D eigenvalue weighted by Gasteiger charge is -2.20. The number of nitrogens with two attached hydrogens (primary N) is 3. The highest BCUT2D eigenvalue weighted by Crippen LogP contribution is 2.28. The second-order valence-corrected chi connectivity index (χ2v) is 19.0. The Bertz CT molecular complexity index is 3720. The monoisotopic (exact) mass is 1300 g/mol. The summed E-state index contributed by atoms with van der Waals surface area (Å²) >= 11 is 11.3. The molecule has 1 aliphatic heterocycles. The molecular formula is C59H68Cl3N15O13. The number of H-pyrrole nitrogens is 2. The number of nitrogens with one attached hydrogen (secondary N) is 3. The number of esters is 1. The standard InChI is InChI=1S/C14H22N2O4.C9H10N2O2.C8H12N2O2.C7H4Cl2N2.C7H7N3O.C7H6N2O2.C4H4O2.C3H2N2.ClH/c1-9-7-11(18-5)10(12(16-9)19-6)8-15-13(17)20-14(2,3)4;1-6-4-8(12-2)7(5-10)9(11-6)13-3;1-5-3-7(12-2)6(4-9)8(11)10-5;1-4-2-6(8)5(3-10)7(9)11-4;1-4-2-6(11)5(3-8)7(9)10-4;1-4-2-6(10)5(3-8)7(9)11-4;1-3-2-4(5)6-3;1-5-3-2-4;/h7H,8H2,1-6H3,(H,15,17);4H,1-3H3;3H,4,9H2,1-2H3,(H,10,11);2H,1H3;2H,1H3,(H3,9,10,11);2H,9H2,1H3;1-2H2;3H2;1H. The Balaban J connectivity index is 0. The molecule has 1 amide bonds. The van der Waals surface area contributed by atoms with Crippen molar-refractivity contribution in [2.75, 3.05) is 53.6 Å². The summed E-state index contributed by atoms with van der Waals surface area (Å²) in [5, 5.41) is 45.0. The molecule has 6 aromatic rings. The number of nitrogen functional groups attached to an aromatic ring is 2. The maximum absolute atomic E-state index is 11.7. The van der Waals surface area contributed by atoms with Crippen molar-refractivity contribution in [2.45, 2.75) is 87.4 Å². The lowest BCUT2D eigenvalue weighted by Crippen LogP contribution is -2.32. The number of methoxy groups -OCH3 is 5. The van der Waals surface area contributed by atoms with Crippen molar-refractivity contribution in [1.82, 2.24) is 30.2 Å². The van der Waals surface area contributed by atoms with E-state index in [-0.39, 0.29) is 82.5 Å². The number of aryl methyl sites for hydroxylation is 6. The van der Waals surface area contributed by atoms with Gasteiger partial charge in [-0.2, -0.15) is 26.3 Å². The topological polar surface area (TPSA) is 447 Å². The Kier molecular flexibility index (Phi) is 37.3. The number of hydrogen-bond donors (Lipinski definition) is 6. The molecule has 1 saturated heterocycles. The summed E-state index contributed by atoms with van der Waals surface area (Å²) in [4.78, 5) is 74.9. The molecule has 7 heterocycles. The SMILES string of the molecule is C=C1CC(=O)O1.COc1cc(C)[nH]c(=O)c1CN.COc1cc(C)nc(OC)c1C#N.COc1cc(C)nc(OC)c1CNC(=O)OC(C)(C)C.Cc1cc(=O)c(C#N)c(N)[nH]1.Cc1cc(=O)c(C#N)c(N)o1.Cc1cc(Cl)c(C#N)c(Cl)n1.Cl.[C-]#[N+]CC#N. The summed E-state index contributed by atoms with van der Waals surface area (Å²) in [6, 6.07) is 18.3. The smallest absolute Gasteiger partial charge is 0.407 e. The fourth-order valence-electron chi connectivity index (χ4n) is 6.34. The van der Waals surface area contributed by atoms with Gasteiger partial charge in [0.05, 0.1) is 58.2 Å². The molecule has 31 heteroatoms. The Morgan fingerprint density at radius 2 is 1.20 bits per heavy atom. The predicted molar refractivity (Wildman–Crippen MR) is 336 cm³/mol. The quantitative estimate of drug-likeness (QED) is 0.0361. The van der Waals surface area contributed by atoms with Crippen LogP contribution in [-0.2, 0) is 27.4 Å². The first-order valence-corrected chi connectivity index (χ1v) is 26.1. The molecule has 1 aliphatic rings. The van der Waals surface area contributed by atoms with Crippen LogP contribution < -0.4 is 62.6 Å². The van der Waals surface area contributed by atoms with Crippen molar-refractivity contribution < 1.29 is 47.2 Å². The highest BCUT2D eigenvalue weighted by atomic mass is 35.5. The number of ether oxygens (including phenoxy) is 7. The van der Waals surface area contributed by atoms with Crippen molar-refractivity contribution >= 4 is 59.4 Å². The van der Waals surface area contributed by atoms with E-state index in [0.717, 1.165) is 17.1 Å². The van der Waals surface area contributed by atoms with Gasteiger partial charge in [-0.15, -0.1) is 12.4 Å². The Hall–Kier alpha value is -10.9. The van der Waals surface area contributed by atoms with Crippen molar-refractivity contribution in [2.24, 2.45) is 5.73 Å². The first-order valence-electron chi connectivity index (χ1n) is 25.4. The second-order valence-electron chi connectivity index (χ2n) is 18.3. The molecule has 0 bridgehead atoms. The molecule has 0 aliphatic carbocycles. The molecule has 6 aromatic heterocycles. The number of alkyl carbamates (subject to hydrolysis) is 1. The van der Waals surface area contributed by atoms with E-state index in [1.807, 2.05) is 26.0 Å². The van der Waals surface area contributed by atoms with E-state index in [1.54, 1.807) is 98.0 Å². The van der Waals surface area contributed by atoms with Gasteiger partial charge in [-0.3, -0.25) is 19.2 Å². The van der Waals surface area contributed by atoms with E-state index in [4.69, 9.17) is 106 Å². The van der Waals surface area contributed by atoms with E-state index in [1.165, 1.54) is 40.6 Å². The van der Waals surface area contributed by atoms with Crippen molar-refractivity contribution in [3.05, 3.63) is 169 Å². The lowest BCUT2D eigenvalue weighted by molar-refractivity contribution is -0.148. The Morgan fingerprint density at radius 3 is 1.60 bits per heavy atom. The minimum Gasteiger partial charge on any atom is -0.496 e. The van der Waals surface area contributed by atoms with Gasteiger partial charge in [0.1, 0.15) is 93.2 Å². The van der Waals surface area contributed by atoms with E-state index < -0.39 is 17.1 Å². The summed E-state index contributed by atoms with van der Waals surface area (Å²) < 4.78 is 39.8. The number of pyridine rings is 5. The molecule has 478 valence electrons. The number of nitriles is 5. The molecule has 7 rings (SSSR count). The number of carbonyl (C=O) groups is 2. The van der Waals surface area contributed by atoms with Gasteiger partial charge in [0.15, 0.2) is 11.1 Å². The zero-order chi connectivity index (χ0) is 68.3. The summed E-state index contributed by atoms with van der Waals surface area (Å²) in [5.74, 6) is 3.25. The zero-order valence-corrected chi connectivity index (χ0v) is 54.1. The van der Waals surface area contributed by atoms with Crippen LogP contribution in [0.1, 0.15) is 94.8 Å². The van der Waals surface area contributed by atoms with Gasteiger partial charge in [0.2, 0.25) is 28.5 Å². The van der Waals surface area contributed by atoms with Crippen LogP contribution in [0.3, 0.4) is 0 Å². The second kappa shape index (κ2) is 41.3. The minimum atomic E-state index is -0.538. The van der Waals surface area contributed by atoms with Gasteiger partial charge < -0.3 is 74.9 Å². The number of carbonyl (C=O) groups excluding carboxylic acids is 2. The van der Waals surface area contributed by atoms with Gasteiger partial charge in [0.25, 0.3) is 12.1 Å². The zero-order valence-electron chi connectivity index (χ0n) is 51.7. The summed E-state index contributed by atoms with van der Waals surface area (Å²) in [6.45, 7) is 25.7. The Labute approximate surface area is 535 Å². The number of cyclic esters (lactones) is 1. The third-order valence-corrected chi connectivity index (χ3v) is 10.7. The van der Waals surface area contributed by atoms with Gasteiger partial charge in [-0.25, -0.2) is 26.3 Å². The molecule has 0 unspecified atom stereocenters. The van der Waals surface area contributed by atoms with Crippen molar-refractivity contribution in [3.63, 3.8) is 0 Å². The molecule has 9 N–H and O–H groups in total. The van der Waals surface area contributed by atoms with Crippen LogP contribution in [0, 0.1) is 105 Å². The highest BCUT2D eigenvalue weighted by Gasteiger charge is 2.20. The normalized spacial score (nSPS) is 9.94. The molecule has 1 fully saturated rings. The number of hydrogen-bond acceptors (Lipinski definition) is 24. The first-order chi connectivity index (χ1) is 41.8. The average Bonchev–Trinajstić information content (AvgIpc) is 3.04. The number of rotatable bonds is 8. The number of amides is 1. The third-order valence-electron chi connectivity index (χ3n) is 10.1. The van der Waals surface area contributed by atoms with Crippen LogP contribution in [0.5, 0.6) is 29.0 Å². The molecule has 0 aromatic carbocycles. The highest BCUT2D eigenvalue weighted by molar-refractivity contribution is 6.35. The number of anilines is 2. The van der Waals surface area contributed by atoms with Crippen LogP contribution in [0.25, 0.3) is 4.85 Å². The fourth-order valence-corrected chi connectivity index (χ4v) is 6.95. The lowest BCUT2D eigenvalue weighted by atomic mass is 10.2. The van der Waals surface area contributed by atoms with Crippen molar-refractivity contribution in [1.29, 1.82) is 26.3 Å². The molecular weight excluding hydrogens is 1230 g/mol. The molecule has 0 atom stereocenters. The summed E-state index contributed by atoms with van der Waals surface area (Å²) in [7, 11) is 7.59. The van der Waals surface area contributed by atoms with Crippen LogP contribution in [-0.4, -0.2) is 84.7 Å². The minimum absolute atomic E-state index is 0. The average molecular weight is 1300 g/mol. The molecule has 28 nitrogen and oxygen atoms in total. The van der Waals surface area contributed by atoms with Crippen LogP contribution in [0.2, 0.25) is 10.2 Å². The Morgan fingerprint density at radius 1 is 0.711 bits per heavy atom. The van der Waals surface area contributed by atoms with E-state index in [2.05, 4.69) is 46.4 Å². The maximum atomic E-state index is 11.7. The molecule has 0 radical (unpaired) electrons. The molecule has 0 spiro atoms.